The number of ether oxygens (including phenoxy) is 1. The number of hydrogen-bond acceptors (Lipinski definition) is 5. The van der Waals surface area contributed by atoms with Crippen LogP contribution in [-0.2, 0) is 4.74 Å². The molecule has 0 radical (unpaired) electrons. The topological polar surface area (TPSA) is 93.5 Å². The Morgan fingerprint density at radius 2 is 1.95 bits per heavy atom. The predicted octanol–water partition coefficient (Wildman–Crippen LogP) is 0.561. The Bertz CT molecular complexity index is 419. The molecule has 0 aliphatic carbocycles. The molecule has 0 aliphatic heterocycles. The minimum Gasteiger partial charge on any atom is -0.383 e. The van der Waals surface area contributed by atoms with E-state index in [1.165, 1.54) is 24.3 Å². The largest absolute Gasteiger partial charge is 0.383 e. The van der Waals surface area contributed by atoms with Gasteiger partial charge in [0.15, 0.2) is 0 Å². The summed E-state index contributed by atoms with van der Waals surface area (Å²) in [6.45, 7) is 2.47. The van der Waals surface area contributed by atoms with Crippen LogP contribution in [0.1, 0.15) is 10.4 Å². The van der Waals surface area contributed by atoms with Gasteiger partial charge in [0.1, 0.15) is 0 Å². The van der Waals surface area contributed by atoms with Crippen molar-refractivity contribution >= 4 is 11.6 Å². The first-order valence-electron chi connectivity index (χ1n) is 5.87. The van der Waals surface area contributed by atoms with Crippen molar-refractivity contribution in [1.29, 1.82) is 0 Å². The van der Waals surface area contributed by atoms with Gasteiger partial charge < -0.3 is 15.4 Å². The average molecular weight is 267 g/mol. The number of methoxy groups -OCH3 is 1. The first-order chi connectivity index (χ1) is 9.15. The lowest BCUT2D eigenvalue weighted by Crippen LogP contribution is -2.33. The van der Waals surface area contributed by atoms with Gasteiger partial charge in [-0.05, 0) is 12.1 Å². The number of carbonyl (C=O) groups excluding carboxylic acids is 1. The van der Waals surface area contributed by atoms with E-state index in [4.69, 9.17) is 4.74 Å². The lowest BCUT2D eigenvalue weighted by Gasteiger charge is -2.06. The fourth-order valence-corrected chi connectivity index (χ4v) is 1.40. The monoisotopic (exact) mass is 267 g/mol. The van der Waals surface area contributed by atoms with Gasteiger partial charge in [-0.1, -0.05) is 0 Å². The molecule has 0 fully saturated rings. The molecule has 19 heavy (non-hydrogen) atoms. The second-order valence-electron chi connectivity index (χ2n) is 3.80. The first-order valence-corrected chi connectivity index (χ1v) is 5.87. The number of hydrogen-bond donors (Lipinski definition) is 2. The van der Waals surface area contributed by atoms with Crippen molar-refractivity contribution in [2.24, 2.45) is 0 Å². The zero-order chi connectivity index (χ0) is 14.1. The third-order valence-corrected chi connectivity index (χ3v) is 2.41. The van der Waals surface area contributed by atoms with E-state index < -0.39 is 4.92 Å². The van der Waals surface area contributed by atoms with Crippen LogP contribution < -0.4 is 10.6 Å². The number of amides is 1. The van der Waals surface area contributed by atoms with Gasteiger partial charge in [-0.2, -0.15) is 0 Å². The summed E-state index contributed by atoms with van der Waals surface area (Å²) in [6.07, 6.45) is 0. The summed E-state index contributed by atoms with van der Waals surface area (Å²) in [5.74, 6) is -0.247. The van der Waals surface area contributed by atoms with Crippen molar-refractivity contribution in [3.05, 3.63) is 39.9 Å². The number of nitro groups is 1. The summed E-state index contributed by atoms with van der Waals surface area (Å²) in [4.78, 5) is 21.6. The smallest absolute Gasteiger partial charge is 0.269 e. The van der Waals surface area contributed by atoms with Crippen molar-refractivity contribution < 1.29 is 14.5 Å². The van der Waals surface area contributed by atoms with Crippen molar-refractivity contribution in [1.82, 2.24) is 10.6 Å². The van der Waals surface area contributed by atoms with E-state index in [0.717, 1.165) is 6.54 Å². The minimum atomic E-state index is -0.499. The molecule has 2 N–H and O–H groups in total. The van der Waals surface area contributed by atoms with Crippen LogP contribution in [0, 0.1) is 10.1 Å². The summed E-state index contributed by atoms with van der Waals surface area (Å²) in [5.41, 5.74) is 0.375. The number of nitrogens with zero attached hydrogens (tertiary/aromatic N) is 1. The highest BCUT2D eigenvalue weighted by atomic mass is 16.6. The molecule has 1 amide bonds. The van der Waals surface area contributed by atoms with Gasteiger partial charge in [0.2, 0.25) is 0 Å². The molecule has 7 nitrogen and oxygen atoms in total. The van der Waals surface area contributed by atoms with Crippen LogP contribution >= 0.6 is 0 Å². The summed E-state index contributed by atoms with van der Waals surface area (Å²) in [5, 5.41) is 16.3. The second kappa shape index (κ2) is 8.17. The number of nitrogens with one attached hydrogen (secondary N) is 2. The number of nitro benzene ring substituents is 1. The zero-order valence-electron chi connectivity index (χ0n) is 10.7. The van der Waals surface area contributed by atoms with Crippen LogP contribution in [0.5, 0.6) is 0 Å². The Balaban J connectivity index is 2.31. The molecule has 0 bridgehead atoms. The van der Waals surface area contributed by atoms with Gasteiger partial charge in [0.25, 0.3) is 11.6 Å². The summed E-state index contributed by atoms with van der Waals surface area (Å²) in [7, 11) is 1.62. The molecule has 1 aromatic carbocycles. The van der Waals surface area contributed by atoms with E-state index in [1.807, 2.05) is 0 Å². The third-order valence-electron chi connectivity index (χ3n) is 2.41. The van der Waals surface area contributed by atoms with Crippen molar-refractivity contribution in [3.63, 3.8) is 0 Å². The van der Waals surface area contributed by atoms with Gasteiger partial charge in [-0.25, -0.2) is 0 Å². The molecule has 104 valence electrons. The number of non-ortho nitro benzene ring substituents is 1. The Labute approximate surface area is 111 Å². The molecule has 0 atom stereocenters. The van der Waals surface area contributed by atoms with E-state index in [-0.39, 0.29) is 11.6 Å². The standard InChI is InChI=1S/C12H17N3O4/c1-19-9-8-13-6-7-14-12(16)10-2-4-11(5-3-10)15(17)18/h2-5,13H,6-9H2,1H3,(H,14,16). The van der Waals surface area contributed by atoms with E-state index in [0.29, 0.717) is 25.3 Å². The molecular formula is C12H17N3O4. The Morgan fingerprint density at radius 3 is 2.53 bits per heavy atom. The molecule has 1 rings (SSSR count). The Morgan fingerprint density at radius 1 is 1.26 bits per heavy atom. The predicted molar refractivity (Wildman–Crippen MR) is 70.2 cm³/mol. The van der Waals surface area contributed by atoms with Gasteiger partial charge in [0.05, 0.1) is 11.5 Å². The summed E-state index contributed by atoms with van der Waals surface area (Å²) < 4.78 is 4.86. The van der Waals surface area contributed by atoms with Crippen molar-refractivity contribution in [2.45, 2.75) is 0 Å². The van der Waals surface area contributed by atoms with Crippen molar-refractivity contribution in [2.75, 3.05) is 33.4 Å². The van der Waals surface area contributed by atoms with E-state index in [2.05, 4.69) is 10.6 Å². The quantitative estimate of drug-likeness (QED) is 0.408. The number of benzene rings is 1. The van der Waals surface area contributed by atoms with Crippen LogP contribution in [-0.4, -0.2) is 44.2 Å². The van der Waals surface area contributed by atoms with Crippen LogP contribution in [0.2, 0.25) is 0 Å². The highest BCUT2D eigenvalue weighted by Gasteiger charge is 2.08. The first kappa shape index (κ1) is 15.1. The highest BCUT2D eigenvalue weighted by Crippen LogP contribution is 2.11. The fraction of sp³-hybridized carbons (Fsp3) is 0.417. The maximum absolute atomic E-state index is 11.7. The molecule has 1 aromatic rings. The van der Waals surface area contributed by atoms with E-state index in [9.17, 15) is 14.9 Å². The third kappa shape index (κ3) is 5.45. The van der Waals surface area contributed by atoms with Crippen molar-refractivity contribution in [3.8, 4) is 0 Å². The van der Waals surface area contributed by atoms with E-state index >= 15 is 0 Å². The molecule has 0 spiro atoms. The lowest BCUT2D eigenvalue weighted by atomic mass is 10.2. The zero-order valence-corrected chi connectivity index (χ0v) is 10.7. The molecular weight excluding hydrogens is 250 g/mol. The molecule has 0 saturated carbocycles. The number of rotatable bonds is 8. The molecule has 0 aromatic heterocycles. The molecule has 0 saturated heterocycles. The maximum Gasteiger partial charge on any atom is 0.269 e. The molecule has 0 aliphatic rings. The fourth-order valence-electron chi connectivity index (χ4n) is 1.40. The molecule has 7 heteroatoms. The van der Waals surface area contributed by atoms with Gasteiger partial charge in [-0.3, -0.25) is 14.9 Å². The molecule has 0 unspecified atom stereocenters. The Kier molecular flexibility index (Phi) is 6.48. The average Bonchev–Trinajstić information content (AvgIpc) is 2.42. The van der Waals surface area contributed by atoms with Gasteiger partial charge >= 0.3 is 0 Å². The molecule has 0 heterocycles. The lowest BCUT2D eigenvalue weighted by molar-refractivity contribution is -0.384. The van der Waals surface area contributed by atoms with Crippen LogP contribution in [0.25, 0.3) is 0 Å². The minimum absolute atomic E-state index is 0.0298. The Hall–Kier alpha value is -1.99. The van der Waals surface area contributed by atoms with Gasteiger partial charge in [0, 0.05) is 44.4 Å². The highest BCUT2D eigenvalue weighted by molar-refractivity contribution is 5.94. The summed E-state index contributed by atoms with van der Waals surface area (Å²) in [6, 6.07) is 5.50. The van der Waals surface area contributed by atoms with E-state index in [1.54, 1.807) is 7.11 Å². The van der Waals surface area contributed by atoms with Crippen LogP contribution in [0.4, 0.5) is 5.69 Å². The summed E-state index contributed by atoms with van der Waals surface area (Å²) >= 11 is 0. The second-order valence-corrected chi connectivity index (χ2v) is 3.80. The van der Waals surface area contributed by atoms with Crippen LogP contribution in [0.3, 0.4) is 0 Å². The van der Waals surface area contributed by atoms with Crippen LogP contribution in [0.15, 0.2) is 24.3 Å². The number of carbonyl (C=O) groups is 1. The maximum atomic E-state index is 11.7. The normalized spacial score (nSPS) is 10.2. The van der Waals surface area contributed by atoms with Gasteiger partial charge in [-0.15, -0.1) is 0 Å². The SMILES string of the molecule is COCCNCCNC(=O)c1ccc([N+](=O)[O-])cc1.